The van der Waals surface area contributed by atoms with Gasteiger partial charge in [0, 0.05) is 24.5 Å². The van der Waals surface area contributed by atoms with Crippen molar-refractivity contribution in [2.24, 2.45) is 0 Å². The van der Waals surface area contributed by atoms with Crippen LogP contribution in [0.15, 0.2) is 69.4 Å². The van der Waals surface area contributed by atoms with E-state index >= 15 is 0 Å². The number of hydrogen-bond acceptors (Lipinski definition) is 4. The molecule has 0 saturated carbocycles. The predicted molar refractivity (Wildman–Crippen MR) is 109 cm³/mol. The van der Waals surface area contributed by atoms with Crippen LogP contribution in [0.5, 0.6) is 0 Å². The van der Waals surface area contributed by atoms with Gasteiger partial charge in [0.25, 0.3) is 5.56 Å². The van der Waals surface area contributed by atoms with Crippen LogP contribution < -0.4 is 5.56 Å². The van der Waals surface area contributed by atoms with Gasteiger partial charge in [0.05, 0.1) is 10.6 Å². The Kier molecular flexibility index (Phi) is 5.64. The van der Waals surface area contributed by atoms with Crippen LogP contribution in [0.2, 0.25) is 0 Å². The second kappa shape index (κ2) is 8.31. The fourth-order valence-electron chi connectivity index (χ4n) is 3.05. The third kappa shape index (κ3) is 4.28. The van der Waals surface area contributed by atoms with E-state index in [2.05, 4.69) is 12.1 Å². The molecule has 0 bridgehead atoms. The molecule has 0 aliphatic carbocycles. The van der Waals surface area contributed by atoms with E-state index in [0.717, 1.165) is 39.9 Å². The minimum atomic E-state index is -0.240. The van der Waals surface area contributed by atoms with Crippen LogP contribution in [0.25, 0.3) is 0 Å². The van der Waals surface area contributed by atoms with Crippen LogP contribution in [0.1, 0.15) is 16.8 Å². The second-order valence-electron chi connectivity index (χ2n) is 6.38. The smallest absolute Gasteiger partial charge is 0.268 e. The lowest BCUT2D eigenvalue weighted by atomic mass is 10.1. The number of rotatable bonds is 6. The molecular weight excluding hydrogens is 379 g/mol. The summed E-state index contributed by atoms with van der Waals surface area (Å²) in [6.07, 6.45) is 1.63. The highest BCUT2D eigenvalue weighted by molar-refractivity contribution is 7.99. The van der Waals surface area contributed by atoms with Crippen LogP contribution in [-0.2, 0) is 25.1 Å². The van der Waals surface area contributed by atoms with Crippen LogP contribution in [0, 0.1) is 5.82 Å². The highest BCUT2D eigenvalue weighted by atomic mass is 32.2. The number of fused-ring (bicyclic) bond motifs is 1. The summed E-state index contributed by atoms with van der Waals surface area (Å²) in [5, 5.41) is 0.751. The van der Waals surface area contributed by atoms with Gasteiger partial charge in [0.1, 0.15) is 5.82 Å². The molecule has 1 aliphatic rings. The van der Waals surface area contributed by atoms with E-state index in [4.69, 9.17) is 4.98 Å². The molecule has 27 heavy (non-hydrogen) atoms. The zero-order valence-corrected chi connectivity index (χ0v) is 16.4. The van der Waals surface area contributed by atoms with Crippen molar-refractivity contribution < 1.29 is 4.39 Å². The summed E-state index contributed by atoms with van der Waals surface area (Å²) in [5.41, 5.74) is 3.20. The Morgan fingerprint density at radius 2 is 1.85 bits per heavy atom. The van der Waals surface area contributed by atoms with Crippen LogP contribution in [0.3, 0.4) is 0 Å². The molecule has 4 rings (SSSR count). The fraction of sp³-hybridized carbons (Fsp3) is 0.238. The number of aryl methyl sites for hydroxylation is 2. The normalized spacial score (nSPS) is 12.9. The van der Waals surface area contributed by atoms with Crippen molar-refractivity contribution in [1.29, 1.82) is 0 Å². The van der Waals surface area contributed by atoms with Gasteiger partial charge < -0.3 is 0 Å². The van der Waals surface area contributed by atoms with Gasteiger partial charge in [-0.15, -0.1) is 11.8 Å². The molecule has 0 spiro atoms. The maximum absolute atomic E-state index is 13.1. The van der Waals surface area contributed by atoms with Gasteiger partial charge in [-0.05, 0) is 29.7 Å². The van der Waals surface area contributed by atoms with Crippen molar-refractivity contribution in [2.75, 3.05) is 5.75 Å². The molecule has 138 valence electrons. The third-order valence-electron chi connectivity index (χ3n) is 4.50. The minimum Gasteiger partial charge on any atom is -0.286 e. The molecule has 1 aromatic heterocycles. The summed E-state index contributed by atoms with van der Waals surface area (Å²) in [6, 6.07) is 16.6. The van der Waals surface area contributed by atoms with Crippen molar-refractivity contribution in [3.8, 4) is 0 Å². The van der Waals surface area contributed by atoms with Crippen molar-refractivity contribution in [1.82, 2.24) is 9.55 Å². The zero-order valence-electron chi connectivity index (χ0n) is 14.7. The van der Waals surface area contributed by atoms with E-state index in [-0.39, 0.29) is 11.4 Å². The molecule has 6 heteroatoms. The largest absolute Gasteiger partial charge is 0.286 e. The highest BCUT2D eigenvalue weighted by Gasteiger charge is 2.21. The maximum atomic E-state index is 13.1. The Labute approximate surface area is 166 Å². The first kappa shape index (κ1) is 18.3. The molecule has 2 aromatic carbocycles. The summed E-state index contributed by atoms with van der Waals surface area (Å²) < 4.78 is 14.9. The van der Waals surface area contributed by atoms with Crippen molar-refractivity contribution in [3.63, 3.8) is 0 Å². The molecule has 0 saturated heterocycles. The number of aromatic nitrogens is 2. The van der Waals surface area contributed by atoms with Gasteiger partial charge in [-0.25, -0.2) is 9.37 Å². The molecule has 0 amide bonds. The topological polar surface area (TPSA) is 34.9 Å². The van der Waals surface area contributed by atoms with Gasteiger partial charge in [-0.2, -0.15) is 0 Å². The molecule has 3 nitrogen and oxygen atoms in total. The van der Waals surface area contributed by atoms with Crippen molar-refractivity contribution in [2.45, 2.75) is 35.2 Å². The van der Waals surface area contributed by atoms with Gasteiger partial charge in [0.15, 0.2) is 5.16 Å². The average molecular weight is 399 g/mol. The predicted octanol–water partition coefficient (Wildman–Crippen LogP) is 4.57. The van der Waals surface area contributed by atoms with Crippen LogP contribution in [-0.4, -0.2) is 15.3 Å². The molecule has 1 aliphatic heterocycles. The first-order chi connectivity index (χ1) is 13.2. The number of nitrogens with zero attached hydrogens (tertiary/aromatic N) is 2. The van der Waals surface area contributed by atoms with Crippen molar-refractivity contribution in [3.05, 3.63) is 87.6 Å². The van der Waals surface area contributed by atoms with E-state index in [1.54, 1.807) is 40.2 Å². The Bertz CT molecular complexity index is 988. The van der Waals surface area contributed by atoms with E-state index in [0.29, 0.717) is 12.3 Å². The fourth-order valence-corrected chi connectivity index (χ4v) is 5.09. The maximum Gasteiger partial charge on any atom is 0.268 e. The highest BCUT2D eigenvalue weighted by Crippen LogP contribution is 2.29. The minimum absolute atomic E-state index is 0.0695. The first-order valence-electron chi connectivity index (χ1n) is 8.88. The Hall–Kier alpha value is -2.05. The van der Waals surface area contributed by atoms with Crippen LogP contribution in [0.4, 0.5) is 4.39 Å². The summed E-state index contributed by atoms with van der Waals surface area (Å²) in [6.45, 7) is 0.607. The molecule has 0 N–H and O–H groups in total. The second-order valence-corrected chi connectivity index (χ2v) is 8.42. The Morgan fingerprint density at radius 1 is 1.07 bits per heavy atom. The molecule has 2 heterocycles. The van der Waals surface area contributed by atoms with E-state index < -0.39 is 0 Å². The van der Waals surface area contributed by atoms with Crippen LogP contribution >= 0.6 is 23.5 Å². The number of thioether (sulfide) groups is 2. The number of hydrogen-bond donors (Lipinski definition) is 0. The Morgan fingerprint density at radius 3 is 2.63 bits per heavy atom. The molecular formula is C21H19FN2OS2. The summed E-state index contributed by atoms with van der Waals surface area (Å²) in [5.74, 6) is 1.34. The molecule has 3 aromatic rings. The standard InChI is InChI=1S/C21H19FN2OS2/c22-17-8-6-16(7-9-17)14-27-21-23-18-11-13-26-19(18)20(25)24(21)12-10-15-4-2-1-3-5-15/h1-9H,10-14H2. The van der Waals surface area contributed by atoms with Gasteiger partial charge in [0.2, 0.25) is 0 Å². The van der Waals surface area contributed by atoms with Gasteiger partial charge >= 0.3 is 0 Å². The van der Waals surface area contributed by atoms with E-state index in [1.165, 1.54) is 17.7 Å². The number of benzene rings is 2. The van der Waals surface area contributed by atoms with E-state index in [9.17, 15) is 9.18 Å². The quantitative estimate of drug-likeness (QED) is 0.450. The number of halogens is 1. The van der Waals surface area contributed by atoms with Crippen molar-refractivity contribution >= 4 is 23.5 Å². The lowest BCUT2D eigenvalue weighted by Crippen LogP contribution is -2.26. The lowest BCUT2D eigenvalue weighted by molar-refractivity contribution is 0.565. The SMILES string of the molecule is O=c1c2c(nc(SCc3ccc(F)cc3)n1CCc1ccccc1)CCS2. The Balaban J connectivity index is 1.59. The monoisotopic (exact) mass is 398 g/mol. The summed E-state index contributed by atoms with van der Waals surface area (Å²) in [4.78, 5) is 18.6. The third-order valence-corrected chi connectivity index (χ3v) is 6.65. The van der Waals surface area contributed by atoms with Gasteiger partial charge in [-0.1, -0.05) is 54.2 Å². The molecule has 0 atom stereocenters. The first-order valence-corrected chi connectivity index (χ1v) is 10.9. The average Bonchev–Trinajstić information content (AvgIpc) is 3.17. The molecule has 0 unspecified atom stereocenters. The summed E-state index contributed by atoms with van der Waals surface area (Å²) >= 11 is 3.15. The summed E-state index contributed by atoms with van der Waals surface area (Å²) in [7, 11) is 0. The molecule has 0 fully saturated rings. The molecule has 0 radical (unpaired) electrons. The van der Waals surface area contributed by atoms with Gasteiger partial charge in [-0.3, -0.25) is 9.36 Å². The lowest BCUT2D eigenvalue weighted by Gasteiger charge is -2.14. The zero-order chi connectivity index (χ0) is 18.6. The van der Waals surface area contributed by atoms with E-state index in [1.807, 2.05) is 18.2 Å².